The van der Waals surface area contributed by atoms with E-state index in [0.29, 0.717) is 12.0 Å². The molecule has 1 N–H and O–H groups in total. The third-order valence-corrected chi connectivity index (χ3v) is 4.22. The molecular weight excluding hydrogens is 232 g/mol. The van der Waals surface area contributed by atoms with E-state index in [4.69, 9.17) is 9.72 Å². The van der Waals surface area contributed by atoms with Gasteiger partial charge in [-0.15, -0.1) is 11.3 Å². The van der Waals surface area contributed by atoms with Crippen molar-refractivity contribution >= 4 is 11.3 Å². The molecule has 17 heavy (non-hydrogen) atoms. The molecule has 0 bridgehead atoms. The van der Waals surface area contributed by atoms with E-state index in [1.54, 1.807) is 11.3 Å². The third-order valence-electron chi connectivity index (χ3n) is 3.19. The first-order valence-corrected chi connectivity index (χ1v) is 7.45. The molecule has 0 radical (unpaired) electrons. The van der Waals surface area contributed by atoms with Crippen LogP contribution in [0.5, 0.6) is 0 Å². The van der Waals surface area contributed by atoms with Crippen molar-refractivity contribution in [1.82, 2.24) is 10.3 Å². The highest BCUT2D eigenvalue weighted by atomic mass is 32.1. The average Bonchev–Trinajstić information content (AvgIpc) is 2.86. The summed E-state index contributed by atoms with van der Waals surface area (Å²) >= 11 is 1.79. The van der Waals surface area contributed by atoms with Crippen molar-refractivity contribution in [3.63, 3.8) is 0 Å². The van der Waals surface area contributed by atoms with Crippen LogP contribution in [0.1, 0.15) is 55.8 Å². The van der Waals surface area contributed by atoms with Crippen LogP contribution in [-0.2, 0) is 4.74 Å². The predicted molar refractivity (Wildman–Crippen MR) is 71.6 cm³/mol. The predicted octanol–water partition coefficient (Wildman–Crippen LogP) is 3.10. The van der Waals surface area contributed by atoms with E-state index >= 15 is 0 Å². The van der Waals surface area contributed by atoms with Gasteiger partial charge in [0.05, 0.1) is 17.3 Å². The minimum atomic E-state index is 0.365. The molecule has 3 nitrogen and oxygen atoms in total. The summed E-state index contributed by atoms with van der Waals surface area (Å²) in [6.45, 7) is 7.20. The Hall–Kier alpha value is -0.450. The first-order valence-electron chi connectivity index (χ1n) is 6.57. The van der Waals surface area contributed by atoms with Crippen LogP contribution in [-0.4, -0.2) is 24.7 Å². The monoisotopic (exact) mass is 254 g/mol. The van der Waals surface area contributed by atoms with Gasteiger partial charge in [0.25, 0.3) is 0 Å². The lowest BCUT2D eigenvalue weighted by atomic mass is 10.0. The number of nitrogens with zero attached hydrogens (tertiary/aromatic N) is 1. The van der Waals surface area contributed by atoms with Crippen LogP contribution in [0.2, 0.25) is 0 Å². The van der Waals surface area contributed by atoms with Crippen LogP contribution >= 0.6 is 11.3 Å². The van der Waals surface area contributed by atoms with Gasteiger partial charge in [-0.25, -0.2) is 4.98 Å². The van der Waals surface area contributed by atoms with E-state index < -0.39 is 0 Å². The summed E-state index contributed by atoms with van der Waals surface area (Å²) in [5.41, 5.74) is 1.18. The Morgan fingerprint density at radius 1 is 1.65 bits per heavy atom. The largest absolute Gasteiger partial charge is 0.381 e. The number of thiazole rings is 1. The SMILES string of the molecule is CCCNC(C)c1csc(C2CCCOC2)n1. The molecule has 1 aromatic heterocycles. The Labute approximate surface area is 108 Å². The highest BCUT2D eigenvalue weighted by Gasteiger charge is 2.20. The molecule has 2 rings (SSSR count). The van der Waals surface area contributed by atoms with E-state index in [1.165, 1.54) is 23.5 Å². The van der Waals surface area contributed by atoms with Crippen molar-refractivity contribution in [3.05, 3.63) is 16.1 Å². The van der Waals surface area contributed by atoms with Gasteiger partial charge in [0.1, 0.15) is 0 Å². The van der Waals surface area contributed by atoms with Crippen molar-refractivity contribution in [3.8, 4) is 0 Å². The first kappa shape index (κ1) is 13.0. The van der Waals surface area contributed by atoms with Gasteiger partial charge in [0.15, 0.2) is 0 Å². The number of rotatable bonds is 5. The average molecular weight is 254 g/mol. The maximum Gasteiger partial charge on any atom is 0.0983 e. The lowest BCUT2D eigenvalue weighted by molar-refractivity contribution is 0.0803. The molecule has 96 valence electrons. The molecule has 0 aliphatic carbocycles. The van der Waals surface area contributed by atoms with Crippen LogP contribution in [0.4, 0.5) is 0 Å². The van der Waals surface area contributed by atoms with Crippen molar-refractivity contribution < 1.29 is 4.74 Å². The summed E-state index contributed by atoms with van der Waals surface area (Å²) < 4.78 is 5.52. The summed E-state index contributed by atoms with van der Waals surface area (Å²) in [5, 5.41) is 6.92. The summed E-state index contributed by atoms with van der Waals surface area (Å²) in [4.78, 5) is 4.76. The van der Waals surface area contributed by atoms with E-state index in [9.17, 15) is 0 Å². The van der Waals surface area contributed by atoms with Gasteiger partial charge in [-0.2, -0.15) is 0 Å². The first-order chi connectivity index (χ1) is 8.31. The van der Waals surface area contributed by atoms with Crippen molar-refractivity contribution in [2.75, 3.05) is 19.8 Å². The smallest absolute Gasteiger partial charge is 0.0983 e. The molecule has 2 atom stereocenters. The quantitative estimate of drug-likeness (QED) is 0.876. The summed E-state index contributed by atoms with van der Waals surface area (Å²) in [7, 11) is 0. The number of aromatic nitrogens is 1. The standard InChI is InChI=1S/C13H22N2OS/c1-3-6-14-10(2)12-9-17-13(15-12)11-5-4-7-16-8-11/h9-11,14H,3-8H2,1-2H3. The third kappa shape index (κ3) is 3.50. The second-order valence-corrected chi connectivity index (χ2v) is 5.59. The molecule has 0 saturated carbocycles. The molecule has 1 aliphatic rings. The number of hydrogen-bond donors (Lipinski definition) is 1. The second-order valence-electron chi connectivity index (χ2n) is 4.70. The molecule has 4 heteroatoms. The van der Waals surface area contributed by atoms with Gasteiger partial charge in [0.2, 0.25) is 0 Å². The fourth-order valence-corrected chi connectivity index (χ4v) is 3.12. The normalized spacial score (nSPS) is 22.6. The molecule has 2 unspecified atom stereocenters. The van der Waals surface area contributed by atoms with Crippen molar-refractivity contribution in [2.24, 2.45) is 0 Å². The molecule has 2 heterocycles. The van der Waals surface area contributed by atoms with Gasteiger partial charge in [-0.3, -0.25) is 0 Å². The van der Waals surface area contributed by atoms with Gasteiger partial charge in [-0.1, -0.05) is 6.92 Å². The summed E-state index contributed by atoms with van der Waals surface area (Å²) in [6.07, 6.45) is 3.56. The Bertz CT molecular complexity index is 334. The number of ether oxygens (including phenoxy) is 1. The lowest BCUT2D eigenvalue weighted by Crippen LogP contribution is -2.20. The van der Waals surface area contributed by atoms with Crippen LogP contribution in [0.15, 0.2) is 5.38 Å². The Kier molecular flexibility index (Phi) is 4.95. The van der Waals surface area contributed by atoms with Crippen molar-refractivity contribution in [1.29, 1.82) is 0 Å². The molecule has 1 aliphatic heterocycles. The zero-order chi connectivity index (χ0) is 12.1. The molecule has 0 aromatic carbocycles. The van der Waals surface area contributed by atoms with Crippen LogP contribution in [0.25, 0.3) is 0 Å². The van der Waals surface area contributed by atoms with Crippen LogP contribution in [0.3, 0.4) is 0 Å². The second kappa shape index (κ2) is 6.47. The molecule has 0 amide bonds. The highest BCUT2D eigenvalue weighted by molar-refractivity contribution is 7.09. The minimum Gasteiger partial charge on any atom is -0.381 e. The molecule has 1 aromatic rings. The zero-order valence-corrected chi connectivity index (χ0v) is 11.6. The van der Waals surface area contributed by atoms with E-state index in [1.807, 2.05) is 0 Å². The van der Waals surface area contributed by atoms with Crippen molar-refractivity contribution in [2.45, 2.75) is 45.1 Å². The van der Waals surface area contributed by atoms with E-state index in [0.717, 1.165) is 26.2 Å². The van der Waals surface area contributed by atoms with Gasteiger partial charge in [0, 0.05) is 23.9 Å². The summed E-state index contributed by atoms with van der Waals surface area (Å²) in [6, 6.07) is 0.365. The highest BCUT2D eigenvalue weighted by Crippen LogP contribution is 2.29. The maximum absolute atomic E-state index is 5.52. The molecule has 1 saturated heterocycles. The topological polar surface area (TPSA) is 34.1 Å². The van der Waals surface area contributed by atoms with Crippen LogP contribution in [0, 0.1) is 0 Å². The lowest BCUT2D eigenvalue weighted by Gasteiger charge is -2.19. The Morgan fingerprint density at radius 3 is 3.24 bits per heavy atom. The van der Waals surface area contributed by atoms with Gasteiger partial charge < -0.3 is 10.1 Å². The number of hydrogen-bond acceptors (Lipinski definition) is 4. The Balaban J connectivity index is 1.94. The van der Waals surface area contributed by atoms with Gasteiger partial charge in [-0.05, 0) is 32.7 Å². The molecular formula is C13H22N2OS. The minimum absolute atomic E-state index is 0.365. The summed E-state index contributed by atoms with van der Waals surface area (Å²) in [5.74, 6) is 0.529. The zero-order valence-electron chi connectivity index (χ0n) is 10.7. The molecule has 0 spiro atoms. The van der Waals surface area contributed by atoms with E-state index in [-0.39, 0.29) is 0 Å². The maximum atomic E-state index is 5.52. The van der Waals surface area contributed by atoms with E-state index in [2.05, 4.69) is 24.5 Å². The number of nitrogens with one attached hydrogen (secondary N) is 1. The molecule has 1 fully saturated rings. The fraction of sp³-hybridized carbons (Fsp3) is 0.769. The van der Waals surface area contributed by atoms with Crippen LogP contribution < -0.4 is 5.32 Å². The Morgan fingerprint density at radius 2 is 2.53 bits per heavy atom. The fourth-order valence-electron chi connectivity index (χ4n) is 2.09. The van der Waals surface area contributed by atoms with Gasteiger partial charge >= 0.3 is 0 Å².